The molecule has 0 aliphatic rings. The third-order valence-electron chi connectivity index (χ3n) is 2.98. The molecule has 1 aromatic heterocycles. The third-order valence-corrected chi connectivity index (χ3v) is 4.34. The van der Waals surface area contributed by atoms with Crippen molar-refractivity contribution in [2.24, 2.45) is 12.1 Å². The number of carbonyl (C=O) groups is 1. The summed E-state index contributed by atoms with van der Waals surface area (Å²) in [6.45, 7) is 0. The van der Waals surface area contributed by atoms with Gasteiger partial charge in [0.05, 0.1) is 17.1 Å². The average Bonchev–Trinajstić information content (AvgIpc) is 2.87. The first-order valence-electron chi connectivity index (χ1n) is 6.22. The van der Waals surface area contributed by atoms with Crippen LogP contribution in [0.4, 0.5) is 0 Å². The zero-order chi connectivity index (χ0) is 16.3. The molecule has 22 heavy (non-hydrogen) atoms. The van der Waals surface area contributed by atoms with Crippen molar-refractivity contribution in [3.8, 4) is 11.5 Å². The topological polar surface area (TPSA) is 86.9 Å². The van der Waals surface area contributed by atoms with Gasteiger partial charge in [0, 0.05) is 24.5 Å². The van der Waals surface area contributed by atoms with Crippen LogP contribution >= 0.6 is 31.9 Å². The smallest absolute Gasteiger partial charge is 0.245 e. The molecule has 1 heterocycles. The lowest BCUT2D eigenvalue weighted by Crippen LogP contribution is -2.20. The van der Waals surface area contributed by atoms with Crippen molar-refractivity contribution in [2.75, 3.05) is 0 Å². The first kappa shape index (κ1) is 16.6. The van der Waals surface area contributed by atoms with E-state index in [0.29, 0.717) is 10.0 Å². The largest absolute Gasteiger partial charge is 0.506 e. The van der Waals surface area contributed by atoms with Gasteiger partial charge in [0.25, 0.3) is 0 Å². The number of halogens is 2. The standard InChI is InChI=1S/C14H13Br2N3O3/c1-19-4-2-3-9(19)6-11(20)18-17-7-8-5-10(15)14(22)12(16)13(8)21/h2-5,7,21-22H,6H2,1H3,(H,18,20)/b17-7-. The summed E-state index contributed by atoms with van der Waals surface area (Å²) in [6, 6.07) is 5.20. The molecular formula is C14H13Br2N3O3. The highest BCUT2D eigenvalue weighted by Crippen LogP contribution is 2.40. The van der Waals surface area contributed by atoms with E-state index in [1.165, 1.54) is 12.3 Å². The van der Waals surface area contributed by atoms with E-state index in [0.717, 1.165) is 5.69 Å². The summed E-state index contributed by atoms with van der Waals surface area (Å²) in [7, 11) is 1.86. The predicted octanol–water partition coefficient (Wildman–Crippen LogP) is 2.65. The molecule has 0 saturated carbocycles. The maximum Gasteiger partial charge on any atom is 0.245 e. The Hall–Kier alpha value is -1.80. The SMILES string of the molecule is Cn1cccc1CC(=O)N/N=C\c1cc(Br)c(O)c(Br)c1O. The summed E-state index contributed by atoms with van der Waals surface area (Å²) in [5.74, 6) is -0.544. The number of hydrogen-bond donors (Lipinski definition) is 3. The molecule has 0 aliphatic heterocycles. The highest BCUT2D eigenvalue weighted by atomic mass is 79.9. The molecule has 8 heteroatoms. The second kappa shape index (κ2) is 6.97. The van der Waals surface area contributed by atoms with Crippen LogP contribution in [0.3, 0.4) is 0 Å². The van der Waals surface area contributed by atoms with Crippen LogP contribution in [0.15, 0.2) is 38.4 Å². The minimum absolute atomic E-state index is 0.109. The van der Waals surface area contributed by atoms with Crippen LogP contribution in [0.5, 0.6) is 11.5 Å². The Morgan fingerprint density at radius 3 is 2.77 bits per heavy atom. The number of hydrogen-bond acceptors (Lipinski definition) is 4. The summed E-state index contributed by atoms with van der Waals surface area (Å²) in [5.41, 5.74) is 3.60. The van der Waals surface area contributed by atoms with Gasteiger partial charge in [-0.1, -0.05) is 0 Å². The Kier molecular flexibility index (Phi) is 5.25. The zero-order valence-electron chi connectivity index (χ0n) is 11.5. The van der Waals surface area contributed by atoms with Gasteiger partial charge in [-0.05, 0) is 50.1 Å². The van der Waals surface area contributed by atoms with E-state index in [2.05, 4.69) is 42.4 Å². The summed E-state index contributed by atoms with van der Waals surface area (Å²) in [4.78, 5) is 11.8. The number of aromatic hydroxyl groups is 2. The van der Waals surface area contributed by atoms with Crippen molar-refractivity contribution in [3.63, 3.8) is 0 Å². The molecule has 2 aromatic rings. The summed E-state index contributed by atoms with van der Waals surface area (Å²) in [5, 5.41) is 23.3. The van der Waals surface area contributed by atoms with E-state index in [4.69, 9.17) is 0 Å². The van der Waals surface area contributed by atoms with Gasteiger partial charge < -0.3 is 14.8 Å². The Morgan fingerprint density at radius 2 is 2.14 bits per heavy atom. The lowest BCUT2D eigenvalue weighted by Gasteiger charge is -2.06. The van der Waals surface area contributed by atoms with Crippen molar-refractivity contribution >= 4 is 44.0 Å². The molecule has 0 saturated heterocycles. The molecule has 1 amide bonds. The van der Waals surface area contributed by atoms with Gasteiger partial charge in [-0.15, -0.1) is 0 Å². The predicted molar refractivity (Wildman–Crippen MR) is 90.0 cm³/mol. The number of amides is 1. The molecule has 0 spiro atoms. The average molecular weight is 431 g/mol. The summed E-state index contributed by atoms with van der Waals surface area (Å²) >= 11 is 6.22. The van der Waals surface area contributed by atoms with E-state index < -0.39 is 0 Å². The fourth-order valence-corrected chi connectivity index (χ4v) is 2.93. The van der Waals surface area contributed by atoms with Gasteiger partial charge in [0.15, 0.2) is 0 Å². The van der Waals surface area contributed by atoms with E-state index in [-0.39, 0.29) is 28.3 Å². The Balaban J connectivity index is 2.04. The van der Waals surface area contributed by atoms with Crippen molar-refractivity contribution in [3.05, 3.63) is 44.6 Å². The lowest BCUT2D eigenvalue weighted by molar-refractivity contribution is -0.120. The minimum Gasteiger partial charge on any atom is -0.506 e. The second-order valence-electron chi connectivity index (χ2n) is 4.54. The highest BCUT2D eigenvalue weighted by molar-refractivity contribution is 9.11. The van der Waals surface area contributed by atoms with Crippen LogP contribution < -0.4 is 5.43 Å². The highest BCUT2D eigenvalue weighted by Gasteiger charge is 2.13. The Labute approximate surface area is 143 Å². The molecule has 2 rings (SSSR count). The maximum absolute atomic E-state index is 11.8. The van der Waals surface area contributed by atoms with Gasteiger partial charge in [0.1, 0.15) is 16.0 Å². The molecule has 6 nitrogen and oxygen atoms in total. The first-order valence-corrected chi connectivity index (χ1v) is 7.80. The summed E-state index contributed by atoms with van der Waals surface area (Å²) < 4.78 is 2.40. The van der Waals surface area contributed by atoms with Gasteiger partial charge in [-0.25, -0.2) is 5.43 Å². The fourth-order valence-electron chi connectivity index (χ4n) is 1.77. The first-order chi connectivity index (χ1) is 10.4. The number of aromatic nitrogens is 1. The maximum atomic E-state index is 11.8. The van der Waals surface area contributed by atoms with E-state index in [1.54, 1.807) is 0 Å². The van der Waals surface area contributed by atoms with Crippen LogP contribution in [0.2, 0.25) is 0 Å². The van der Waals surface area contributed by atoms with Crippen LogP contribution in [0.25, 0.3) is 0 Å². The molecule has 0 fully saturated rings. The van der Waals surface area contributed by atoms with Crippen molar-refractivity contribution in [1.29, 1.82) is 0 Å². The number of phenols is 2. The van der Waals surface area contributed by atoms with Crippen LogP contribution in [0, 0.1) is 0 Å². The number of nitrogens with zero attached hydrogens (tertiary/aromatic N) is 2. The van der Waals surface area contributed by atoms with Crippen molar-refractivity contribution in [1.82, 2.24) is 9.99 Å². The van der Waals surface area contributed by atoms with E-state index >= 15 is 0 Å². The zero-order valence-corrected chi connectivity index (χ0v) is 14.7. The third kappa shape index (κ3) is 3.69. The van der Waals surface area contributed by atoms with E-state index in [1.807, 2.05) is 29.9 Å². The Bertz CT molecular complexity index is 741. The number of benzene rings is 1. The fraction of sp³-hybridized carbons (Fsp3) is 0.143. The van der Waals surface area contributed by atoms with Gasteiger partial charge in [-0.2, -0.15) is 5.10 Å². The molecule has 0 unspecified atom stereocenters. The quantitative estimate of drug-likeness (QED) is 0.514. The van der Waals surface area contributed by atoms with Gasteiger partial charge >= 0.3 is 0 Å². The molecule has 0 atom stereocenters. The number of rotatable bonds is 4. The van der Waals surface area contributed by atoms with Crippen LogP contribution in [0.1, 0.15) is 11.3 Å². The summed E-state index contributed by atoms with van der Waals surface area (Å²) in [6.07, 6.45) is 3.36. The monoisotopic (exact) mass is 429 g/mol. The number of aryl methyl sites for hydroxylation is 1. The number of phenolic OH excluding ortho intramolecular Hbond substituents is 2. The normalized spacial score (nSPS) is 11.0. The lowest BCUT2D eigenvalue weighted by atomic mass is 10.2. The molecular weight excluding hydrogens is 418 g/mol. The second-order valence-corrected chi connectivity index (χ2v) is 6.19. The van der Waals surface area contributed by atoms with E-state index in [9.17, 15) is 15.0 Å². The molecule has 0 radical (unpaired) electrons. The number of carbonyl (C=O) groups excluding carboxylic acids is 1. The van der Waals surface area contributed by atoms with Crippen LogP contribution in [-0.2, 0) is 18.3 Å². The van der Waals surface area contributed by atoms with Gasteiger partial charge in [-0.3, -0.25) is 4.79 Å². The molecule has 3 N–H and O–H groups in total. The molecule has 116 valence electrons. The van der Waals surface area contributed by atoms with Crippen LogP contribution in [-0.4, -0.2) is 26.9 Å². The van der Waals surface area contributed by atoms with Crippen molar-refractivity contribution in [2.45, 2.75) is 6.42 Å². The van der Waals surface area contributed by atoms with Crippen molar-refractivity contribution < 1.29 is 15.0 Å². The van der Waals surface area contributed by atoms with Gasteiger partial charge in [0.2, 0.25) is 5.91 Å². The number of hydrazone groups is 1. The Morgan fingerprint density at radius 1 is 1.41 bits per heavy atom. The minimum atomic E-state index is -0.269. The molecule has 0 aliphatic carbocycles. The molecule has 1 aromatic carbocycles. The molecule has 0 bridgehead atoms. The number of nitrogens with one attached hydrogen (secondary N) is 1.